The molecule has 3 atom stereocenters. The fourth-order valence-electron chi connectivity index (χ4n) is 6.42. The van der Waals surface area contributed by atoms with Crippen LogP contribution in [0.5, 0.6) is 5.75 Å². The lowest BCUT2D eigenvalue weighted by Gasteiger charge is -2.36. The first kappa shape index (κ1) is 32.4. The van der Waals surface area contributed by atoms with Crippen LogP contribution in [0, 0.1) is 17.8 Å². The van der Waals surface area contributed by atoms with Gasteiger partial charge in [-0.3, -0.25) is 9.36 Å². The molecule has 10 heteroatoms. The Balaban J connectivity index is 1.21. The molecule has 0 saturated heterocycles. The molecule has 0 bridgehead atoms. The minimum atomic E-state index is -0.406. The van der Waals surface area contributed by atoms with Crippen LogP contribution in [0.2, 0.25) is 0 Å². The summed E-state index contributed by atoms with van der Waals surface area (Å²) in [7, 11) is 0. The number of nitrogens with one attached hydrogen (secondary N) is 2. The van der Waals surface area contributed by atoms with Gasteiger partial charge < -0.3 is 19.8 Å². The molecule has 6 rings (SSSR count). The summed E-state index contributed by atoms with van der Waals surface area (Å²) in [6, 6.07) is 22.8. The monoisotopic (exact) mass is 651 g/mol. The quantitative estimate of drug-likeness (QED) is 0.109. The fourth-order valence-corrected chi connectivity index (χ4v) is 7.17. The van der Waals surface area contributed by atoms with Gasteiger partial charge in [-0.15, -0.1) is 10.2 Å². The minimum absolute atomic E-state index is 0.0575. The van der Waals surface area contributed by atoms with Crippen molar-refractivity contribution < 1.29 is 19.1 Å². The number of anilines is 1. The summed E-state index contributed by atoms with van der Waals surface area (Å²) in [4.78, 5) is 30.1. The number of aromatic nitrogens is 4. The number of carbonyl (C=O) groups is 2. The lowest BCUT2D eigenvalue weighted by Crippen LogP contribution is -2.36. The summed E-state index contributed by atoms with van der Waals surface area (Å²) in [6.45, 7) is 9.11. The number of hydrogen-bond donors (Lipinski definition) is 2. The highest BCUT2D eigenvalue weighted by atomic mass is 32.2. The van der Waals surface area contributed by atoms with Gasteiger partial charge in [0.05, 0.1) is 23.6 Å². The van der Waals surface area contributed by atoms with E-state index in [2.05, 4.69) is 41.3 Å². The SMILES string of the molecule is CCOc1ccc(-n2c(SCC(=O)Nc3ccccc3C(=O)O[C@H]3C[C@H](C)CC[C@@H]3C(C)C)nnc2-c2c[nH]c3ccccc23)cc1. The van der Waals surface area contributed by atoms with Crippen LogP contribution in [-0.2, 0) is 9.53 Å². The molecule has 0 unspecified atom stereocenters. The molecule has 0 aliphatic heterocycles. The standard InChI is InChI=1S/C37H41N5O4S/c1-5-45-26-17-15-25(16-18-26)42-35(30-21-38-31-12-8-6-10-28(30)31)40-41-37(42)47-22-34(43)39-32-13-9-7-11-29(32)36(44)46-33-20-24(4)14-19-27(33)23(2)3/h6-13,15-18,21,23-24,27,33,38H,5,14,19-20,22H2,1-4H3,(H,39,43)/t24-,27-,33+/m1/s1. The van der Waals surface area contributed by atoms with Crippen molar-refractivity contribution in [1.29, 1.82) is 0 Å². The predicted molar refractivity (Wildman–Crippen MR) is 186 cm³/mol. The second-order valence-corrected chi connectivity index (χ2v) is 13.4. The van der Waals surface area contributed by atoms with Crippen molar-refractivity contribution >= 4 is 40.2 Å². The van der Waals surface area contributed by atoms with Crippen LogP contribution in [0.4, 0.5) is 5.69 Å². The molecule has 47 heavy (non-hydrogen) atoms. The molecule has 2 aromatic heterocycles. The Morgan fingerprint density at radius 3 is 2.57 bits per heavy atom. The third kappa shape index (κ3) is 7.22. The summed E-state index contributed by atoms with van der Waals surface area (Å²) in [6.07, 6.45) is 4.85. The van der Waals surface area contributed by atoms with E-state index in [0.29, 0.717) is 46.6 Å². The van der Waals surface area contributed by atoms with E-state index < -0.39 is 5.97 Å². The number of nitrogens with zero attached hydrogens (tertiary/aromatic N) is 3. The van der Waals surface area contributed by atoms with Gasteiger partial charge in [-0.25, -0.2) is 4.79 Å². The van der Waals surface area contributed by atoms with Gasteiger partial charge in [0.25, 0.3) is 0 Å². The first-order valence-electron chi connectivity index (χ1n) is 16.3. The maximum atomic E-state index is 13.4. The zero-order valence-electron chi connectivity index (χ0n) is 27.2. The third-order valence-corrected chi connectivity index (χ3v) is 9.77. The van der Waals surface area contributed by atoms with Crippen molar-refractivity contribution in [3.05, 3.63) is 84.6 Å². The summed E-state index contributed by atoms with van der Waals surface area (Å²) in [5.74, 6) is 2.07. The maximum Gasteiger partial charge on any atom is 0.340 e. The van der Waals surface area contributed by atoms with E-state index in [1.54, 1.807) is 24.3 Å². The topological polar surface area (TPSA) is 111 Å². The summed E-state index contributed by atoms with van der Waals surface area (Å²) in [5, 5.41) is 13.6. The van der Waals surface area contributed by atoms with E-state index in [9.17, 15) is 9.59 Å². The van der Waals surface area contributed by atoms with Gasteiger partial charge in [-0.05, 0) is 80.0 Å². The normalized spacial score (nSPS) is 17.9. The number of rotatable bonds is 11. The van der Waals surface area contributed by atoms with Gasteiger partial charge in [0.1, 0.15) is 11.9 Å². The third-order valence-electron chi connectivity index (χ3n) is 8.84. The Bertz CT molecular complexity index is 1850. The molecule has 244 valence electrons. The maximum absolute atomic E-state index is 13.4. The van der Waals surface area contributed by atoms with Crippen LogP contribution in [0.3, 0.4) is 0 Å². The number of thioether (sulfide) groups is 1. The zero-order valence-corrected chi connectivity index (χ0v) is 28.0. The molecule has 1 aliphatic rings. The number of hydrogen-bond acceptors (Lipinski definition) is 7. The number of para-hydroxylation sites is 2. The zero-order chi connectivity index (χ0) is 32.9. The molecular weight excluding hydrogens is 611 g/mol. The first-order chi connectivity index (χ1) is 22.8. The van der Waals surface area contributed by atoms with Gasteiger partial charge in [-0.2, -0.15) is 0 Å². The molecule has 2 heterocycles. The molecule has 0 radical (unpaired) electrons. The van der Waals surface area contributed by atoms with Crippen molar-refractivity contribution in [2.24, 2.45) is 17.8 Å². The number of esters is 1. The number of ether oxygens (including phenoxy) is 2. The lowest BCUT2D eigenvalue weighted by molar-refractivity contribution is -0.113. The highest BCUT2D eigenvalue weighted by molar-refractivity contribution is 7.99. The van der Waals surface area contributed by atoms with Crippen molar-refractivity contribution in [1.82, 2.24) is 19.7 Å². The van der Waals surface area contributed by atoms with Crippen LogP contribution in [0.25, 0.3) is 28.0 Å². The summed E-state index contributed by atoms with van der Waals surface area (Å²) < 4.78 is 13.7. The van der Waals surface area contributed by atoms with Gasteiger partial charge >= 0.3 is 5.97 Å². The minimum Gasteiger partial charge on any atom is -0.494 e. The second-order valence-electron chi connectivity index (χ2n) is 12.5. The van der Waals surface area contributed by atoms with Gasteiger partial charge in [-0.1, -0.05) is 69.3 Å². The van der Waals surface area contributed by atoms with E-state index in [0.717, 1.165) is 47.2 Å². The highest BCUT2D eigenvalue weighted by Crippen LogP contribution is 2.36. The average Bonchev–Trinajstić information content (AvgIpc) is 3.68. The van der Waals surface area contributed by atoms with Crippen molar-refractivity contribution in [2.45, 2.75) is 58.2 Å². The predicted octanol–water partition coefficient (Wildman–Crippen LogP) is 8.16. The number of H-pyrrole nitrogens is 1. The van der Waals surface area contributed by atoms with E-state index in [-0.39, 0.29) is 17.8 Å². The first-order valence-corrected chi connectivity index (χ1v) is 17.3. The summed E-state index contributed by atoms with van der Waals surface area (Å²) >= 11 is 1.27. The number of benzene rings is 3. The van der Waals surface area contributed by atoms with Crippen LogP contribution in [0.15, 0.2) is 84.1 Å². The van der Waals surface area contributed by atoms with E-state index in [4.69, 9.17) is 9.47 Å². The molecule has 1 fully saturated rings. The number of amides is 1. The van der Waals surface area contributed by atoms with E-state index in [1.165, 1.54) is 11.8 Å². The number of carbonyl (C=O) groups excluding carboxylic acids is 2. The van der Waals surface area contributed by atoms with Crippen molar-refractivity contribution in [3.8, 4) is 22.8 Å². The van der Waals surface area contributed by atoms with Crippen LogP contribution in [0.1, 0.15) is 57.3 Å². The second kappa shape index (κ2) is 14.5. The van der Waals surface area contributed by atoms with Crippen LogP contribution >= 0.6 is 11.8 Å². The Labute approximate surface area is 279 Å². The molecular formula is C37H41N5O4S. The molecule has 1 amide bonds. The molecule has 9 nitrogen and oxygen atoms in total. The molecule has 3 aromatic carbocycles. The average molecular weight is 652 g/mol. The Kier molecular flexibility index (Phi) is 9.96. The molecule has 0 spiro atoms. The molecule has 1 aliphatic carbocycles. The fraction of sp³-hybridized carbons (Fsp3) is 0.351. The van der Waals surface area contributed by atoms with Crippen LogP contribution < -0.4 is 10.1 Å². The molecule has 2 N–H and O–H groups in total. The van der Waals surface area contributed by atoms with Gasteiger partial charge in [0.15, 0.2) is 11.0 Å². The van der Waals surface area contributed by atoms with Crippen molar-refractivity contribution in [2.75, 3.05) is 17.7 Å². The van der Waals surface area contributed by atoms with Crippen LogP contribution in [-0.4, -0.2) is 50.1 Å². The van der Waals surface area contributed by atoms with Gasteiger partial charge in [0, 0.05) is 28.4 Å². The Morgan fingerprint density at radius 2 is 1.79 bits per heavy atom. The Morgan fingerprint density at radius 1 is 1.02 bits per heavy atom. The lowest BCUT2D eigenvalue weighted by atomic mass is 9.75. The Hall–Kier alpha value is -4.57. The summed E-state index contributed by atoms with van der Waals surface area (Å²) in [5.41, 5.74) is 3.52. The van der Waals surface area contributed by atoms with Crippen molar-refractivity contribution in [3.63, 3.8) is 0 Å². The number of aromatic amines is 1. The van der Waals surface area contributed by atoms with E-state index >= 15 is 0 Å². The smallest absolute Gasteiger partial charge is 0.340 e. The highest BCUT2D eigenvalue weighted by Gasteiger charge is 2.34. The number of fused-ring (bicyclic) bond motifs is 1. The van der Waals surface area contributed by atoms with E-state index in [1.807, 2.05) is 66.2 Å². The molecule has 5 aromatic rings. The van der Waals surface area contributed by atoms with Gasteiger partial charge in [0.2, 0.25) is 5.91 Å². The largest absolute Gasteiger partial charge is 0.494 e. The molecule has 1 saturated carbocycles.